The quantitative estimate of drug-likeness (QED) is 0.896. The van der Waals surface area contributed by atoms with Gasteiger partial charge in [-0.1, -0.05) is 22.9 Å². The van der Waals surface area contributed by atoms with Gasteiger partial charge in [-0.2, -0.15) is 13.2 Å². The van der Waals surface area contributed by atoms with E-state index in [0.29, 0.717) is 6.42 Å². The van der Waals surface area contributed by atoms with Crippen molar-refractivity contribution in [2.75, 3.05) is 6.61 Å². The molecule has 2 nitrogen and oxygen atoms in total. The Kier molecular flexibility index (Phi) is 5.47. The second-order valence-electron chi connectivity index (χ2n) is 4.03. The van der Waals surface area contributed by atoms with Gasteiger partial charge in [0.2, 0.25) is 0 Å². The van der Waals surface area contributed by atoms with Crippen molar-refractivity contribution < 1.29 is 17.9 Å². The number of nitrogens with two attached hydrogens (primary N) is 1. The summed E-state index contributed by atoms with van der Waals surface area (Å²) in [6, 6.07) is 4.74. The maximum absolute atomic E-state index is 12.0. The highest BCUT2D eigenvalue weighted by Gasteiger charge is 2.28. The molecule has 0 fully saturated rings. The zero-order valence-corrected chi connectivity index (χ0v) is 11.5. The minimum absolute atomic E-state index is 0.0147. The standard InChI is InChI=1S/C12H15BrF3NO/c1-2-9(17)5-8-6-10(3-4-11(8)13)18-7-12(14,15)16/h3-4,6,9H,2,5,7,17H2,1H3. The van der Waals surface area contributed by atoms with E-state index in [9.17, 15) is 13.2 Å². The van der Waals surface area contributed by atoms with Crippen LogP contribution in [0.25, 0.3) is 0 Å². The van der Waals surface area contributed by atoms with Gasteiger partial charge in [-0.05, 0) is 36.6 Å². The number of rotatable bonds is 5. The SMILES string of the molecule is CCC(N)Cc1cc(OCC(F)(F)F)ccc1Br. The predicted octanol–water partition coefficient (Wildman–Crippen LogP) is 3.67. The molecule has 1 atom stereocenters. The molecule has 6 heteroatoms. The first-order valence-electron chi connectivity index (χ1n) is 5.55. The third-order valence-corrected chi connectivity index (χ3v) is 3.20. The van der Waals surface area contributed by atoms with Gasteiger partial charge in [-0.25, -0.2) is 0 Å². The summed E-state index contributed by atoms with van der Waals surface area (Å²) >= 11 is 3.35. The van der Waals surface area contributed by atoms with E-state index in [1.54, 1.807) is 12.1 Å². The Morgan fingerprint density at radius 3 is 2.61 bits per heavy atom. The molecule has 1 aromatic rings. The molecule has 0 saturated heterocycles. The van der Waals surface area contributed by atoms with Crippen LogP contribution in [0.5, 0.6) is 5.75 Å². The molecule has 0 heterocycles. The molecule has 0 bridgehead atoms. The molecule has 0 amide bonds. The monoisotopic (exact) mass is 325 g/mol. The largest absolute Gasteiger partial charge is 0.484 e. The molecule has 102 valence electrons. The third kappa shape index (κ3) is 5.27. The van der Waals surface area contributed by atoms with Crippen LogP contribution < -0.4 is 10.5 Å². The zero-order chi connectivity index (χ0) is 13.8. The van der Waals surface area contributed by atoms with Gasteiger partial charge in [-0.15, -0.1) is 0 Å². The summed E-state index contributed by atoms with van der Waals surface area (Å²) in [6.07, 6.45) is -2.92. The fraction of sp³-hybridized carbons (Fsp3) is 0.500. The van der Waals surface area contributed by atoms with Gasteiger partial charge in [-0.3, -0.25) is 0 Å². The summed E-state index contributed by atoms with van der Waals surface area (Å²) in [4.78, 5) is 0. The molecule has 0 saturated carbocycles. The Balaban J connectivity index is 2.74. The number of benzene rings is 1. The Hall–Kier alpha value is -0.750. The first-order valence-corrected chi connectivity index (χ1v) is 6.34. The van der Waals surface area contributed by atoms with E-state index in [4.69, 9.17) is 10.5 Å². The summed E-state index contributed by atoms with van der Waals surface area (Å²) in [7, 11) is 0. The topological polar surface area (TPSA) is 35.2 Å². The average molecular weight is 326 g/mol. The summed E-state index contributed by atoms with van der Waals surface area (Å²) in [6.45, 7) is 0.677. The van der Waals surface area contributed by atoms with Gasteiger partial charge in [0.1, 0.15) is 5.75 Å². The van der Waals surface area contributed by atoms with Crippen LogP contribution in [-0.2, 0) is 6.42 Å². The molecule has 18 heavy (non-hydrogen) atoms. The van der Waals surface area contributed by atoms with Crippen molar-refractivity contribution in [3.63, 3.8) is 0 Å². The number of hydrogen-bond acceptors (Lipinski definition) is 2. The molecule has 0 aliphatic carbocycles. The van der Waals surface area contributed by atoms with E-state index in [0.717, 1.165) is 16.5 Å². The average Bonchev–Trinajstić information content (AvgIpc) is 2.29. The smallest absolute Gasteiger partial charge is 0.422 e. The molecule has 0 spiro atoms. The lowest BCUT2D eigenvalue weighted by atomic mass is 10.0. The van der Waals surface area contributed by atoms with Crippen LogP contribution in [-0.4, -0.2) is 18.8 Å². The van der Waals surface area contributed by atoms with Gasteiger partial charge in [0.05, 0.1) is 0 Å². The van der Waals surface area contributed by atoms with Crippen molar-refractivity contribution in [2.24, 2.45) is 5.73 Å². The van der Waals surface area contributed by atoms with Crippen molar-refractivity contribution >= 4 is 15.9 Å². The molecule has 1 aromatic carbocycles. The molecule has 0 aliphatic rings. The predicted molar refractivity (Wildman–Crippen MR) is 67.7 cm³/mol. The van der Waals surface area contributed by atoms with Crippen LogP contribution in [0, 0.1) is 0 Å². The van der Waals surface area contributed by atoms with E-state index in [1.165, 1.54) is 6.07 Å². The number of ether oxygens (including phenoxy) is 1. The molecule has 2 N–H and O–H groups in total. The van der Waals surface area contributed by atoms with Crippen molar-refractivity contribution in [3.05, 3.63) is 28.2 Å². The lowest BCUT2D eigenvalue weighted by Crippen LogP contribution is -2.22. The molecule has 0 aliphatic heterocycles. The maximum Gasteiger partial charge on any atom is 0.422 e. The van der Waals surface area contributed by atoms with Crippen LogP contribution in [0.4, 0.5) is 13.2 Å². The van der Waals surface area contributed by atoms with E-state index in [-0.39, 0.29) is 11.8 Å². The Morgan fingerprint density at radius 1 is 1.39 bits per heavy atom. The normalized spacial score (nSPS) is 13.4. The highest BCUT2D eigenvalue weighted by molar-refractivity contribution is 9.10. The molecule has 1 unspecified atom stereocenters. The fourth-order valence-corrected chi connectivity index (χ4v) is 1.80. The van der Waals surface area contributed by atoms with Crippen LogP contribution in [0.3, 0.4) is 0 Å². The van der Waals surface area contributed by atoms with Crippen LogP contribution in [0.15, 0.2) is 22.7 Å². The van der Waals surface area contributed by atoms with Gasteiger partial charge in [0, 0.05) is 10.5 Å². The number of halogens is 4. The van der Waals surface area contributed by atoms with Crippen LogP contribution in [0.1, 0.15) is 18.9 Å². The number of alkyl halides is 3. The summed E-state index contributed by atoms with van der Waals surface area (Å²) in [5.74, 6) is 0.203. The van der Waals surface area contributed by atoms with Gasteiger partial charge >= 0.3 is 6.18 Å². The summed E-state index contributed by atoms with van der Waals surface area (Å²) in [5, 5.41) is 0. The van der Waals surface area contributed by atoms with Crippen molar-refractivity contribution in [3.8, 4) is 5.75 Å². The highest BCUT2D eigenvalue weighted by atomic mass is 79.9. The van der Waals surface area contributed by atoms with Gasteiger partial charge < -0.3 is 10.5 Å². The van der Waals surface area contributed by atoms with Gasteiger partial charge in [0.15, 0.2) is 6.61 Å². The Morgan fingerprint density at radius 2 is 2.06 bits per heavy atom. The van der Waals surface area contributed by atoms with Crippen molar-refractivity contribution in [2.45, 2.75) is 32.0 Å². The molecule has 0 aromatic heterocycles. The zero-order valence-electron chi connectivity index (χ0n) is 9.93. The fourth-order valence-electron chi connectivity index (χ4n) is 1.39. The van der Waals surface area contributed by atoms with Crippen LogP contribution >= 0.6 is 15.9 Å². The first-order chi connectivity index (χ1) is 8.31. The van der Waals surface area contributed by atoms with E-state index in [2.05, 4.69) is 15.9 Å². The molecular formula is C12H15BrF3NO. The number of hydrogen-bond donors (Lipinski definition) is 1. The molecule has 1 rings (SSSR count). The Labute approximate surface area is 112 Å². The minimum Gasteiger partial charge on any atom is -0.484 e. The summed E-state index contributed by atoms with van der Waals surface area (Å²) in [5.41, 5.74) is 6.68. The van der Waals surface area contributed by atoms with Gasteiger partial charge in [0.25, 0.3) is 0 Å². The van der Waals surface area contributed by atoms with E-state index in [1.807, 2.05) is 6.92 Å². The summed E-state index contributed by atoms with van der Waals surface area (Å²) < 4.78 is 41.6. The van der Waals surface area contributed by atoms with E-state index >= 15 is 0 Å². The lowest BCUT2D eigenvalue weighted by molar-refractivity contribution is -0.153. The molecular weight excluding hydrogens is 311 g/mol. The minimum atomic E-state index is -4.33. The van der Waals surface area contributed by atoms with Crippen molar-refractivity contribution in [1.29, 1.82) is 0 Å². The highest BCUT2D eigenvalue weighted by Crippen LogP contribution is 2.25. The lowest BCUT2D eigenvalue weighted by Gasteiger charge is -2.13. The van der Waals surface area contributed by atoms with Crippen LogP contribution in [0.2, 0.25) is 0 Å². The van der Waals surface area contributed by atoms with E-state index < -0.39 is 12.8 Å². The Bertz CT molecular complexity index is 395. The second-order valence-corrected chi connectivity index (χ2v) is 4.88. The third-order valence-electron chi connectivity index (χ3n) is 2.43. The van der Waals surface area contributed by atoms with Crippen molar-refractivity contribution in [1.82, 2.24) is 0 Å². The maximum atomic E-state index is 12.0. The molecule has 0 radical (unpaired) electrons. The second kappa shape index (κ2) is 6.43. The first kappa shape index (κ1) is 15.3.